The van der Waals surface area contributed by atoms with Crippen molar-refractivity contribution in [2.45, 2.75) is 0 Å². The molecule has 0 saturated carbocycles. The third kappa shape index (κ3) is 4.65. The zero-order valence-corrected chi connectivity index (χ0v) is 17.8. The smallest absolute Gasteiger partial charge is 0.144 e. The first kappa shape index (κ1) is 18.0. The van der Waals surface area contributed by atoms with Crippen molar-refractivity contribution >= 4 is 100 Å². The van der Waals surface area contributed by atoms with Gasteiger partial charge in [0.1, 0.15) is 12.5 Å². The molecule has 0 N–H and O–H groups in total. The van der Waals surface area contributed by atoms with Gasteiger partial charge in [0, 0.05) is 10.2 Å². The average molecular weight is 443 g/mol. The monoisotopic (exact) mass is 442 g/mol. The Balaban J connectivity index is 1.66. The molecule has 0 bridgehead atoms. The van der Waals surface area contributed by atoms with Gasteiger partial charge in [-0.05, 0) is 6.08 Å². The minimum Gasteiger partial charge on any atom is -0.503 e. The number of hydrogen-bond acceptors (Lipinski definition) is 10. The molecule has 118 valence electrons. The van der Waals surface area contributed by atoms with Crippen molar-refractivity contribution in [3.8, 4) is 0 Å². The number of methoxy groups -OCH3 is 1. The average Bonchev–Trinajstić information content (AvgIpc) is 3.05. The number of thioether (sulfide) groups is 8. The fourth-order valence-corrected chi connectivity index (χ4v) is 13.9. The van der Waals surface area contributed by atoms with Crippen LogP contribution >= 0.6 is 94.1 Å². The Hall–Kier alpha value is 1.23. The number of ether oxygens (including phenoxy) is 1. The highest BCUT2D eigenvalue weighted by Gasteiger charge is 2.27. The van der Waals surface area contributed by atoms with Crippen molar-refractivity contribution < 1.29 is 9.53 Å². The van der Waals surface area contributed by atoms with Crippen molar-refractivity contribution in [2.75, 3.05) is 17.3 Å². The van der Waals surface area contributed by atoms with Crippen LogP contribution in [0.15, 0.2) is 37.8 Å². The van der Waals surface area contributed by atoms with E-state index < -0.39 is 0 Å². The van der Waals surface area contributed by atoms with E-state index in [0.717, 1.165) is 20.7 Å². The molecule has 0 aromatic heterocycles. The minimum atomic E-state index is 0.875. The molecule has 2 nitrogen and oxygen atoms in total. The number of carbonyl (C=O) groups is 1. The van der Waals surface area contributed by atoms with E-state index >= 15 is 0 Å². The zero-order valence-electron chi connectivity index (χ0n) is 11.2. The van der Waals surface area contributed by atoms with Crippen LogP contribution < -0.4 is 0 Å². The van der Waals surface area contributed by atoms with Crippen molar-refractivity contribution in [2.24, 2.45) is 0 Å². The Bertz CT molecular complexity index is 554. The Morgan fingerprint density at radius 3 is 1.68 bits per heavy atom. The van der Waals surface area contributed by atoms with Crippen LogP contribution in [-0.2, 0) is 9.53 Å². The lowest BCUT2D eigenvalue weighted by molar-refractivity contribution is -0.104. The van der Waals surface area contributed by atoms with Gasteiger partial charge >= 0.3 is 0 Å². The number of rotatable bonds is 2. The van der Waals surface area contributed by atoms with Crippen LogP contribution in [0, 0.1) is 0 Å². The number of allylic oxidation sites excluding steroid dienone is 1. The van der Waals surface area contributed by atoms with Crippen LogP contribution in [0.3, 0.4) is 0 Å². The summed E-state index contributed by atoms with van der Waals surface area (Å²) in [5.74, 6) is 0. The second kappa shape index (κ2) is 9.07. The molecule has 3 heterocycles. The van der Waals surface area contributed by atoms with Gasteiger partial charge in [0.15, 0.2) is 0 Å². The molecule has 0 spiro atoms. The zero-order chi connectivity index (χ0) is 15.4. The molecule has 0 saturated heterocycles. The maximum absolute atomic E-state index is 10.7. The minimum absolute atomic E-state index is 0.875. The first-order valence-electron chi connectivity index (χ1n) is 5.89. The topological polar surface area (TPSA) is 26.3 Å². The molecule has 0 unspecified atom stereocenters. The van der Waals surface area contributed by atoms with E-state index in [1.807, 2.05) is 53.3 Å². The molecule has 0 radical (unpaired) electrons. The fraction of sp³-hybridized carbons (Fsp3) is 0.250. The summed E-state index contributed by atoms with van der Waals surface area (Å²) in [7, 11) is 1.69. The first-order valence-corrected chi connectivity index (χ1v) is 13.1. The number of hydrogen-bond donors (Lipinski definition) is 0. The van der Waals surface area contributed by atoms with Gasteiger partial charge in [-0.3, -0.25) is 4.79 Å². The van der Waals surface area contributed by atoms with Gasteiger partial charge in [-0.25, -0.2) is 0 Å². The summed E-state index contributed by atoms with van der Waals surface area (Å²) < 4.78 is 12.9. The fourth-order valence-electron chi connectivity index (χ4n) is 1.47. The van der Waals surface area contributed by atoms with E-state index in [1.54, 1.807) is 60.2 Å². The van der Waals surface area contributed by atoms with Gasteiger partial charge in [-0.2, -0.15) is 0 Å². The molecule has 0 fully saturated rings. The molecule has 10 heteroatoms. The largest absolute Gasteiger partial charge is 0.503 e. The van der Waals surface area contributed by atoms with E-state index in [-0.39, 0.29) is 0 Å². The van der Waals surface area contributed by atoms with Crippen LogP contribution in [0.1, 0.15) is 0 Å². The summed E-state index contributed by atoms with van der Waals surface area (Å²) in [6.07, 6.45) is 4.36. The second-order valence-electron chi connectivity index (χ2n) is 3.67. The predicted molar refractivity (Wildman–Crippen MR) is 114 cm³/mol. The lowest BCUT2D eigenvalue weighted by Gasteiger charge is -2.09. The molecule has 0 aromatic rings. The molecule has 0 amide bonds. The normalized spacial score (nSPS) is 22.4. The van der Waals surface area contributed by atoms with E-state index in [4.69, 9.17) is 4.74 Å². The van der Waals surface area contributed by atoms with Crippen molar-refractivity contribution in [3.63, 3.8) is 0 Å². The SMILES string of the molecule is COC=C1SC2=C(SCSC3=C(SCS2)SC(=CC=O)S3)S1. The maximum Gasteiger partial charge on any atom is 0.144 e. The second-order valence-corrected chi connectivity index (χ2v) is 14.1. The highest BCUT2D eigenvalue weighted by atomic mass is 32.3. The van der Waals surface area contributed by atoms with Gasteiger partial charge < -0.3 is 4.74 Å². The molecule has 3 rings (SSSR count). The third-order valence-electron chi connectivity index (χ3n) is 2.28. The van der Waals surface area contributed by atoms with Crippen LogP contribution in [0.2, 0.25) is 0 Å². The molecule has 3 aliphatic rings. The summed E-state index contributed by atoms with van der Waals surface area (Å²) in [6, 6.07) is 0. The number of aldehydes is 1. The molecular weight excluding hydrogens is 433 g/mol. The van der Waals surface area contributed by atoms with Crippen molar-refractivity contribution in [3.05, 3.63) is 37.8 Å². The van der Waals surface area contributed by atoms with Gasteiger partial charge in [-0.15, -0.1) is 47.0 Å². The standard InChI is InChI=1S/C12H10O2S8/c1-14-4-8-21-11-12(22-8)18-6-16-10-9(15-5-17-11)19-7(20-10)2-3-13/h2-4H,5-6H2,1H3. The summed E-state index contributed by atoms with van der Waals surface area (Å²) in [5, 5.41) is 1.99. The Morgan fingerprint density at radius 2 is 1.27 bits per heavy atom. The van der Waals surface area contributed by atoms with Crippen LogP contribution in [0.4, 0.5) is 0 Å². The van der Waals surface area contributed by atoms with E-state index in [0.29, 0.717) is 0 Å². The molecular formula is C12H10O2S8. The van der Waals surface area contributed by atoms with Gasteiger partial charge in [0.2, 0.25) is 0 Å². The quantitative estimate of drug-likeness (QED) is 0.266. The first-order chi connectivity index (χ1) is 10.8. The molecule has 22 heavy (non-hydrogen) atoms. The van der Waals surface area contributed by atoms with Crippen molar-refractivity contribution in [1.29, 1.82) is 0 Å². The lowest BCUT2D eigenvalue weighted by Crippen LogP contribution is -1.80. The van der Waals surface area contributed by atoms with Gasteiger partial charge in [0.25, 0.3) is 0 Å². The highest BCUT2D eigenvalue weighted by Crippen LogP contribution is 2.62. The Kier molecular flexibility index (Phi) is 7.44. The molecule has 0 aliphatic carbocycles. The van der Waals surface area contributed by atoms with Crippen LogP contribution in [-0.4, -0.2) is 23.6 Å². The summed E-state index contributed by atoms with van der Waals surface area (Å²) >= 11 is 14.6. The van der Waals surface area contributed by atoms with Gasteiger partial charge in [0.05, 0.1) is 32.5 Å². The molecule has 0 aromatic carbocycles. The van der Waals surface area contributed by atoms with E-state index in [2.05, 4.69) is 0 Å². The Morgan fingerprint density at radius 1 is 0.818 bits per heavy atom. The third-order valence-corrected chi connectivity index (χ3v) is 13.3. The highest BCUT2D eigenvalue weighted by molar-refractivity contribution is 8.46. The van der Waals surface area contributed by atoms with Crippen molar-refractivity contribution in [1.82, 2.24) is 0 Å². The van der Waals surface area contributed by atoms with Crippen LogP contribution in [0.25, 0.3) is 0 Å². The molecule has 3 aliphatic heterocycles. The lowest BCUT2D eigenvalue weighted by atomic mass is 10.7. The predicted octanol–water partition coefficient (Wildman–Crippen LogP) is 6.55. The Labute approximate surface area is 163 Å². The summed E-state index contributed by atoms with van der Waals surface area (Å²) in [5.41, 5.74) is 0. The van der Waals surface area contributed by atoms with E-state index in [9.17, 15) is 4.79 Å². The molecule has 0 atom stereocenters. The van der Waals surface area contributed by atoms with Gasteiger partial charge in [-0.1, -0.05) is 47.0 Å². The van der Waals surface area contributed by atoms with E-state index in [1.165, 1.54) is 21.2 Å². The summed E-state index contributed by atoms with van der Waals surface area (Å²) in [4.78, 5) is 10.7. The number of carbonyl (C=O) groups excluding carboxylic acids is 1. The summed E-state index contributed by atoms with van der Waals surface area (Å²) in [6.45, 7) is 0. The van der Waals surface area contributed by atoms with Crippen LogP contribution in [0.5, 0.6) is 0 Å². The maximum atomic E-state index is 10.7.